The largest absolute Gasteiger partial charge is 0.462 e. The van der Waals surface area contributed by atoms with E-state index in [9.17, 15) is 14.4 Å². The number of esters is 1. The van der Waals surface area contributed by atoms with Crippen LogP contribution in [0.2, 0.25) is 0 Å². The van der Waals surface area contributed by atoms with E-state index in [1.54, 1.807) is 25.1 Å². The lowest BCUT2D eigenvalue weighted by atomic mass is 9.72. The molecule has 1 spiro atoms. The van der Waals surface area contributed by atoms with Crippen LogP contribution in [0.3, 0.4) is 0 Å². The molecule has 1 unspecified atom stereocenters. The van der Waals surface area contributed by atoms with Crippen LogP contribution in [0.1, 0.15) is 30.1 Å². The number of amides is 3. The van der Waals surface area contributed by atoms with Gasteiger partial charge in [0.05, 0.1) is 17.9 Å². The van der Waals surface area contributed by atoms with Gasteiger partial charge in [-0.3, -0.25) is 4.79 Å². The van der Waals surface area contributed by atoms with Gasteiger partial charge in [-0.2, -0.15) is 0 Å². The predicted octanol–water partition coefficient (Wildman–Crippen LogP) is 1.38. The number of nitrogens with one attached hydrogen (secondary N) is 1. The molecule has 0 aliphatic carbocycles. The first kappa shape index (κ1) is 16.1. The molecule has 1 aromatic rings. The lowest BCUT2D eigenvalue weighted by molar-refractivity contribution is -0.129. The highest BCUT2D eigenvalue weighted by Gasteiger charge is 2.59. The van der Waals surface area contributed by atoms with E-state index in [1.165, 1.54) is 11.0 Å². The first-order chi connectivity index (χ1) is 12.0. The summed E-state index contributed by atoms with van der Waals surface area (Å²) in [5, 5.41) is 2.95. The molecule has 5 rings (SSSR count). The van der Waals surface area contributed by atoms with Crippen molar-refractivity contribution in [2.45, 2.75) is 25.3 Å². The van der Waals surface area contributed by atoms with E-state index in [2.05, 4.69) is 10.2 Å². The van der Waals surface area contributed by atoms with E-state index in [1.807, 2.05) is 0 Å². The normalized spacial score (nSPS) is 30.7. The minimum Gasteiger partial charge on any atom is -0.462 e. The molecule has 25 heavy (non-hydrogen) atoms. The summed E-state index contributed by atoms with van der Waals surface area (Å²) in [6, 6.07) is 6.06. The fraction of sp³-hybridized carbons (Fsp3) is 0.500. The first-order valence-corrected chi connectivity index (χ1v) is 8.71. The van der Waals surface area contributed by atoms with Crippen LogP contribution in [-0.2, 0) is 9.53 Å². The van der Waals surface area contributed by atoms with Crippen LogP contribution >= 0.6 is 0 Å². The van der Waals surface area contributed by atoms with Crippen molar-refractivity contribution in [1.29, 1.82) is 0 Å². The molecule has 1 aromatic carbocycles. The zero-order chi connectivity index (χ0) is 17.6. The Bertz CT molecular complexity index is 742. The highest BCUT2D eigenvalue weighted by Crippen LogP contribution is 2.40. The van der Waals surface area contributed by atoms with Crippen LogP contribution in [0.25, 0.3) is 0 Å². The Morgan fingerprint density at radius 1 is 1.32 bits per heavy atom. The van der Waals surface area contributed by atoms with Crippen molar-refractivity contribution in [2.24, 2.45) is 5.92 Å². The zero-order valence-electron chi connectivity index (χ0n) is 14.2. The van der Waals surface area contributed by atoms with Crippen molar-refractivity contribution in [3.63, 3.8) is 0 Å². The molecule has 4 heterocycles. The first-order valence-electron chi connectivity index (χ1n) is 8.71. The number of ether oxygens (including phenoxy) is 1. The Hall–Kier alpha value is -2.41. The molecule has 0 aromatic heterocycles. The van der Waals surface area contributed by atoms with E-state index >= 15 is 0 Å². The van der Waals surface area contributed by atoms with Crippen LogP contribution in [0.4, 0.5) is 10.5 Å². The standard InChI is InChI=1S/C18H21N3O4/c1-2-25-15(22)12-4-3-5-14(10-12)21-16(23)18(19-17(21)24)11-20-8-6-13(18)7-9-20/h3-5,10,13H,2,6-9,11H2,1H3,(H,19,24). The fourth-order valence-electron chi connectivity index (χ4n) is 4.26. The number of carbonyl (C=O) groups is 3. The van der Waals surface area contributed by atoms with E-state index in [0.717, 1.165) is 25.9 Å². The number of nitrogens with zero attached hydrogens (tertiary/aromatic N) is 2. The van der Waals surface area contributed by atoms with Gasteiger partial charge in [-0.25, -0.2) is 14.5 Å². The number of hydrogen-bond donors (Lipinski definition) is 1. The zero-order valence-corrected chi connectivity index (χ0v) is 14.2. The molecular weight excluding hydrogens is 322 g/mol. The number of benzene rings is 1. The average molecular weight is 343 g/mol. The molecule has 4 aliphatic rings. The van der Waals surface area contributed by atoms with Gasteiger partial charge in [0.1, 0.15) is 5.54 Å². The second kappa shape index (κ2) is 5.84. The van der Waals surface area contributed by atoms with Crippen LogP contribution < -0.4 is 10.2 Å². The molecule has 0 saturated carbocycles. The minimum atomic E-state index is -0.826. The van der Waals surface area contributed by atoms with Gasteiger partial charge < -0.3 is 15.0 Å². The molecule has 2 bridgehead atoms. The number of fused-ring (bicyclic) bond motifs is 2. The molecule has 1 atom stereocenters. The Balaban J connectivity index is 1.65. The van der Waals surface area contributed by atoms with Crippen molar-refractivity contribution in [3.05, 3.63) is 29.8 Å². The van der Waals surface area contributed by atoms with Crippen molar-refractivity contribution < 1.29 is 19.1 Å². The van der Waals surface area contributed by atoms with Crippen LogP contribution in [0, 0.1) is 5.92 Å². The number of piperidine rings is 3. The quantitative estimate of drug-likeness (QED) is 0.663. The number of carbonyl (C=O) groups excluding carboxylic acids is 3. The SMILES string of the molecule is CCOC(=O)c1cccc(N2C(=O)NC3(CN4CCC3CC4)C2=O)c1. The predicted molar refractivity (Wildman–Crippen MR) is 90.3 cm³/mol. The van der Waals surface area contributed by atoms with Gasteiger partial charge in [-0.15, -0.1) is 0 Å². The summed E-state index contributed by atoms with van der Waals surface area (Å²) in [6.45, 7) is 4.53. The maximum Gasteiger partial charge on any atom is 0.338 e. The smallest absolute Gasteiger partial charge is 0.338 e. The molecule has 4 fully saturated rings. The van der Waals surface area contributed by atoms with Crippen LogP contribution in [0.5, 0.6) is 0 Å². The molecule has 4 aliphatic heterocycles. The number of hydrogen-bond acceptors (Lipinski definition) is 5. The third-order valence-electron chi connectivity index (χ3n) is 5.49. The highest BCUT2D eigenvalue weighted by molar-refractivity contribution is 6.24. The van der Waals surface area contributed by atoms with Crippen molar-refractivity contribution in [2.75, 3.05) is 31.1 Å². The van der Waals surface area contributed by atoms with Crippen molar-refractivity contribution >= 4 is 23.6 Å². The summed E-state index contributed by atoms with van der Waals surface area (Å²) in [5.74, 6) is -0.506. The number of rotatable bonds is 3. The third-order valence-corrected chi connectivity index (χ3v) is 5.49. The molecular formula is C18H21N3O4. The summed E-state index contributed by atoms with van der Waals surface area (Å²) in [5.41, 5.74) is -0.0933. The van der Waals surface area contributed by atoms with Crippen molar-refractivity contribution in [1.82, 2.24) is 10.2 Å². The van der Waals surface area contributed by atoms with Gasteiger partial charge in [0.15, 0.2) is 0 Å². The van der Waals surface area contributed by atoms with Gasteiger partial charge in [-0.05, 0) is 57.0 Å². The van der Waals surface area contributed by atoms with Gasteiger partial charge in [0.25, 0.3) is 5.91 Å². The Morgan fingerprint density at radius 3 is 2.72 bits per heavy atom. The van der Waals surface area contributed by atoms with E-state index in [-0.39, 0.29) is 18.4 Å². The lowest BCUT2D eigenvalue weighted by Gasteiger charge is -2.49. The Kier molecular flexibility index (Phi) is 3.76. The van der Waals surface area contributed by atoms with Gasteiger partial charge in [-0.1, -0.05) is 6.07 Å². The number of imide groups is 1. The number of anilines is 1. The summed E-state index contributed by atoms with van der Waals surface area (Å²) in [7, 11) is 0. The van der Waals surface area contributed by atoms with Crippen LogP contribution in [-0.4, -0.2) is 54.6 Å². The molecule has 7 heteroatoms. The van der Waals surface area contributed by atoms with Gasteiger partial charge >= 0.3 is 12.0 Å². The van der Waals surface area contributed by atoms with Crippen molar-refractivity contribution in [3.8, 4) is 0 Å². The monoisotopic (exact) mass is 343 g/mol. The summed E-state index contributed by atoms with van der Waals surface area (Å²) < 4.78 is 5.00. The van der Waals surface area contributed by atoms with Gasteiger partial charge in [0, 0.05) is 6.54 Å². The molecule has 132 valence electrons. The average Bonchev–Trinajstić information content (AvgIpc) is 2.86. The van der Waals surface area contributed by atoms with E-state index < -0.39 is 17.5 Å². The molecule has 4 saturated heterocycles. The molecule has 1 N–H and O–H groups in total. The molecule has 3 amide bonds. The third kappa shape index (κ3) is 2.41. The molecule has 0 radical (unpaired) electrons. The fourth-order valence-corrected chi connectivity index (χ4v) is 4.26. The Labute approximate surface area is 145 Å². The van der Waals surface area contributed by atoms with Crippen LogP contribution in [0.15, 0.2) is 24.3 Å². The lowest BCUT2D eigenvalue weighted by Crippen LogP contribution is -2.67. The minimum absolute atomic E-state index is 0.173. The van der Waals surface area contributed by atoms with E-state index in [4.69, 9.17) is 4.74 Å². The second-order valence-electron chi connectivity index (χ2n) is 6.86. The second-order valence-corrected chi connectivity index (χ2v) is 6.86. The summed E-state index contributed by atoms with van der Waals surface area (Å²) in [6.07, 6.45) is 1.84. The highest BCUT2D eigenvalue weighted by atomic mass is 16.5. The Morgan fingerprint density at radius 2 is 2.08 bits per heavy atom. The topological polar surface area (TPSA) is 79.0 Å². The molecule has 7 nitrogen and oxygen atoms in total. The summed E-state index contributed by atoms with van der Waals surface area (Å²) in [4.78, 5) is 41.1. The maximum absolute atomic E-state index is 13.2. The van der Waals surface area contributed by atoms with Gasteiger partial charge in [0.2, 0.25) is 0 Å². The number of urea groups is 1. The maximum atomic E-state index is 13.2. The van der Waals surface area contributed by atoms with E-state index in [0.29, 0.717) is 17.8 Å². The summed E-state index contributed by atoms with van der Waals surface area (Å²) >= 11 is 0.